The largest absolute Gasteiger partial charge is 0.495 e. The molecule has 0 aliphatic heterocycles. The van der Waals surface area contributed by atoms with Gasteiger partial charge in [0.1, 0.15) is 11.5 Å². The van der Waals surface area contributed by atoms with Gasteiger partial charge in [-0.2, -0.15) is 0 Å². The smallest absolute Gasteiger partial charge is 0.244 e. The summed E-state index contributed by atoms with van der Waals surface area (Å²) in [5.41, 5.74) is 0.531. The number of ether oxygens (including phenoxy) is 1. The van der Waals surface area contributed by atoms with Crippen molar-refractivity contribution in [3.05, 3.63) is 35.7 Å². The van der Waals surface area contributed by atoms with Crippen molar-refractivity contribution >= 4 is 35.2 Å². The minimum absolute atomic E-state index is 0.204. The maximum Gasteiger partial charge on any atom is 0.244 e. The number of rotatable bonds is 14. The van der Waals surface area contributed by atoms with Crippen molar-refractivity contribution in [2.45, 2.75) is 58.8 Å². The van der Waals surface area contributed by atoms with E-state index in [4.69, 9.17) is 4.74 Å². The fraction of sp³-hybridized carbons (Fsp3) is 0.500. The maximum absolute atomic E-state index is 12.5. The second-order valence-corrected chi connectivity index (χ2v) is 7.55. The molecule has 0 atom stereocenters. The summed E-state index contributed by atoms with van der Waals surface area (Å²) in [6, 6.07) is 7.05. The number of carbonyl (C=O) groups is 3. The van der Waals surface area contributed by atoms with Gasteiger partial charge in [0.05, 0.1) is 19.2 Å². The van der Waals surface area contributed by atoms with E-state index in [1.807, 2.05) is 0 Å². The third-order valence-electron chi connectivity index (χ3n) is 4.15. The standard InChI is InChI=1S/C22H32N2O4S/c1-4-5-6-7-8-11-15-23-21(26)14-16-29-24(22(27)17-18(2)25)19-12-9-10-13-20(19)28-3/h9-10,12-14,16H,4-8,11,15,17H2,1-3H3,(H,23,26). The zero-order chi connectivity index (χ0) is 21.5. The molecular formula is C22H32N2O4S. The lowest BCUT2D eigenvalue weighted by Gasteiger charge is -2.21. The lowest BCUT2D eigenvalue weighted by molar-refractivity contribution is -0.125. The van der Waals surface area contributed by atoms with Gasteiger partial charge in [0.25, 0.3) is 0 Å². The molecule has 0 aromatic heterocycles. The first kappa shape index (κ1) is 24.8. The lowest BCUT2D eigenvalue weighted by Crippen LogP contribution is -2.25. The SMILES string of the molecule is CCCCCCCCNC(=O)C=CSN(C(=O)CC(C)=O)c1ccccc1OC. The molecule has 6 nitrogen and oxygen atoms in total. The molecule has 7 heteroatoms. The van der Waals surface area contributed by atoms with Crippen molar-refractivity contribution in [3.63, 3.8) is 0 Å². The van der Waals surface area contributed by atoms with E-state index in [-0.39, 0.29) is 24.0 Å². The summed E-state index contributed by atoms with van der Waals surface area (Å²) in [6.07, 6.45) is 8.17. The van der Waals surface area contributed by atoms with E-state index in [0.717, 1.165) is 24.8 Å². The van der Waals surface area contributed by atoms with Crippen molar-refractivity contribution in [1.82, 2.24) is 5.32 Å². The number of nitrogens with one attached hydrogen (secondary N) is 1. The molecule has 1 rings (SSSR count). The second-order valence-electron chi connectivity index (χ2n) is 6.71. The summed E-state index contributed by atoms with van der Waals surface area (Å²) in [4.78, 5) is 35.9. The average Bonchev–Trinajstić information content (AvgIpc) is 2.70. The number of benzene rings is 1. The molecule has 0 radical (unpaired) electrons. The highest BCUT2D eigenvalue weighted by atomic mass is 32.2. The van der Waals surface area contributed by atoms with Gasteiger partial charge in [-0.3, -0.25) is 14.4 Å². The Balaban J connectivity index is 2.60. The van der Waals surface area contributed by atoms with Crippen LogP contribution in [-0.2, 0) is 14.4 Å². The first-order chi connectivity index (χ1) is 14.0. The molecule has 0 bridgehead atoms. The van der Waals surface area contributed by atoms with Gasteiger partial charge >= 0.3 is 0 Å². The average molecular weight is 421 g/mol. The number of Topliss-reactive ketones (excluding diaryl/α,β-unsaturated/α-hetero) is 1. The number of ketones is 1. The Bertz CT molecular complexity index is 691. The van der Waals surface area contributed by atoms with E-state index in [0.29, 0.717) is 18.0 Å². The van der Waals surface area contributed by atoms with Crippen LogP contribution in [0.5, 0.6) is 5.75 Å². The first-order valence-corrected chi connectivity index (χ1v) is 10.9. The third kappa shape index (κ3) is 10.2. The highest BCUT2D eigenvalue weighted by Crippen LogP contribution is 2.33. The molecule has 0 aliphatic rings. The van der Waals surface area contributed by atoms with Crippen LogP contribution in [0.4, 0.5) is 5.69 Å². The molecule has 2 amide bonds. The van der Waals surface area contributed by atoms with Crippen LogP contribution in [-0.4, -0.2) is 31.3 Å². The topological polar surface area (TPSA) is 75.7 Å². The lowest BCUT2D eigenvalue weighted by atomic mass is 10.1. The molecular weight excluding hydrogens is 388 g/mol. The Kier molecular flexibility index (Phi) is 12.5. The number of nitrogens with zero attached hydrogens (tertiary/aromatic N) is 1. The van der Waals surface area contributed by atoms with E-state index in [9.17, 15) is 14.4 Å². The Labute approximate surface area is 178 Å². The molecule has 1 aromatic carbocycles. The monoisotopic (exact) mass is 420 g/mol. The van der Waals surface area contributed by atoms with Gasteiger partial charge in [-0.1, -0.05) is 51.2 Å². The number of unbranched alkanes of at least 4 members (excludes halogenated alkanes) is 5. The molecule has 0 spiro atoms. The second kappa shape index (κ2) is 14.7. The molecule has 160 valence electrons. The molecule has 0 fully saturated rings. The number of anilines is 1. The van der Waals surface area contributed by atoms with Crippen molar-refractivity contribution in [2.24, 2.45) is 0 Å². The van der Waals surface area contributed by atoms with E-state index in [2.05, 4.69) is 12.2 Å². The summed E-state index contributed by atoms with van der Waals surface area (Å²) in [5.74, 6) is -0.289. The summed E-state index contributed by atoms with van der Waals surface area (Å²) < 4.78 is 6.69. The van der Waals surface area contributed by atoms with Crippen LogP contribution in [0.15, 0.2) is 35.7 Å². The Hall–Kier alpha value is -2.28. The number of para-hydroxylation sites is 2. The van der Waals surface area contributed by atoms with E-state index in [1.165, 1.54) is 50.1 Å². The van der Waals surface area contributed by atoms with Crippen LogP contribution in [0.2, 0.25) is 0 Å². The van der Waals surface area contributed by atoms with E-state index < -0.39 is 0 Å². The number of hydrogen-bond acceptors (Lipinski definition) is 5. The van der Waals surface area contributed by atoms with Gasteiger partial charge in [-0.25, -0.2) is 4.31 Å². The van der Waals surface area contributed by atoms with E-state index in [1.54, 1.807) is 29.7 Å². The van der Waals surface area contributed by atoms with Crippen LogP contribution in [0.1, 0.15) is 58.8 Å². The number of hydrogen-bond donors (Lipinski definition) is 1. The normalized spacial score (nSPS) is 10.7. The van der Waals surface area contributed by atoms with E-state index >= 15 is 0 Å². The third-order valence-corrected chi connectivity index (χ3v) is 5.01. The summed E-state index contributed by atoms with van der Waals surface area (Å²) in [7, 11) is 1.52. The van der Waals surface area contributed by atoms with Crippen LogP contribution in [0.25, 0.3) is 0 Å². The Morgan fingerprint density at radius 1 is 1.10 bits per heavy atom. The van der Waals surface area contributed by atoms with Crippen LogP contribution in [0.3, 0.4) is 0 Å². The predicted molar refractivity (Wildman–Crippen MR) is 119 cm³/mol. The summed E-state index contributed by atoms with van der Waals surface area (Å²) in [5, 5.41) is 4.39. The highest BCUT2D eigenvalue weighted by molar-refractivity contribution is 8.04. The van der Waals surface area contributed by atoms with Gasteiger partial charge in [0.2, 0.25) is 11.8 Å². The van der Waals surface area contributed by atoms with Gasteiger partial charge in [-0.05, 0) is 42.8 Å². The zero-order valence-electron chi connectivity index (χ0n) is 17.6. The minimum atomic E-state index is -0.371. The van der Waals surface area contributed by atoms with Gasteiger partial charge in [0.15, 0.2) is 0 Å². The molecule has 0 saturated carbocycles. The fourth-order valence-electron chi connectivity index (χ4n) is 2.66. The van der Waals surface area contributed by atoms with Crippen LogP contribution >= 0.6 is 11.9 Å². The molecule has 29 heavy (non-hydrogen) atoms. The number of amides is 2. The number of carbonyl (C=O) groups excluding carboxylic acids is 3. The van der Waals surface area contributed by atoms with Crippen molar-refractivity contribution in [1.29, 1.82) is 0 Å². The first-order valence-electron chi connectivity index (χ1n) is 10.1. The number of methoxy groups -OCH3 is 1. The molecule has 1 aromatic rings. The Morgan fingerprint density at radius 2 is 1.79 bits per heavy atom. The highest BCUT2D eigenvalue weighted by Gasteiger charge is 2.20. The van der Waals surface area contributed by atoms with Gasteiger partial charge in [0, 0.05) is 12.6 Å². The minimum Gasteiger partial charge on any atom is -0.495 e. The van der Waals surface area contributed by atoms with Crippen molar-refractivity contribution in [3.8, 4) is 5.75 Å². The molecule has 0 aliphatic carbocycles. The van der Waals surface area contributed by atoms with Crippen LogP contribution < -0.4 is 14.4 Å². The summed E-state index contributed by atoms with van der Waals surface area (Å²) in [6.45, 7) is 4.20. The summed E-state index contributed by atoms with van der Waals surface area (Å²) >= 11 is 1.05. The molecule has 0 heterocycles. The van der Waals surface area contributed by atoms with Gasteiger partial charge < -0.3 is 10.1 Å². The van der Waals surface area contributed by atoms with Crippen molar-refractivity contribution < 1.29 is 19.1 Å². The van der Waals surface area contributed by atoms with Gasteiger partial charge in [-0.15, -0.1) is 0 Å². The molecule has 0 unspecified atom stereocenters. The fourth-order valence-corrected chi connectivity index (χ4v) is 3.41. The van der Waals surface area contributed by atoms with Crippen molar-refractivity contribution in [2.75, 3.05) is 18.0 Å². The molecule has 0 saturated heterocycles. The zero-order valence-corrected chi connectivity index (χ0v) is 18.4. The quantitative estimate of drug-likeness (QED) is 0.205. The maximum atomic E-state index is 12.5. The predicted octanol–water partition coefficient (Wildman–Crippen LogP) is 4.65. The molecule has 1 N–H and O–H groups in total. The Morgan fingerprint density at radius 3 is 2.48 bits per heavy atom. The van der Waals surface area contributed by atoms with Crippen LogP contribution in [0, 0.1) is 0 Å².